The predicted molar refractivity (Wildman–Crippen MR) is 89.0 cm³/mol. The number of hydrogen-bond donors (Lipinski definition) is 1. The Morgan fingerprint density at radius 2 is 1.83 bits per heavy atom. The minimum absolute atomic E-state index is 0.0941. The highest BCUT2D eigenvalue weighted by Gasteiger charge is 2.38. The van der Waals surface area contributed by atoms with E-state index in [9.17, 15) is 10.0 Å². The number of rotatable bonds is 4. The molecule has 1 aliphatic heterocycles. The number of nitrogens with one attached hydrogen (secondary N) is 1. The summed E-state index contributed by atoms with van der Waals surface area (Å²) in [6.45, 7) is 2.94. The van der Waals surface area contributed by atoms with Crippen LogP contribution in [0.1, 0.15) is 61.9 Å². The molecule has 1 aliphatic carbocycles. The van der Waals surface area contributed by atoms with Gasteiger partial charge in [0.25, 0.3) is 5.69 Å². The van der Waals surface area contributed by atoms with E-state index in [1.165, 1.54) is 44.7 Å². The molecule has 2 heterocycles. The molecule has 0 radical (unpaired) electrons. The van der Waals surface area contributed by atoms with Gasteiger partial charge in [-0.2, -0.15) is 4.73 Å². The van der Waals surface area contributed by atoms with E-state index in [-0.39, 0.29) is 17.1 Å². The van der Waals surface area contributed by atoms with E-state index in [1.54, 1.807) is 18.2 Å². The molecule has 1 aromatic heterocycles. The Bertz CT molecular complexity index is 535. The molecule has 5 nitrogen and oxygen atoms in total. The van der Waals surface area contributed by atoms with Crippen molar-refractivity contribution in [3.63, 3.8) is 0 Å². The van der Waals surface area contributed by atoms with E-state index in [4.69, 9.17) is 0 Å². The lowest BCUT2D eigenvalue weighted by atomic mass is 9.79. The number of carbonyl (C=O) groups is 1. The maximum atomic E-state index is 12.4. The van der Waals surface area contributed by atoms with E-state index >= 15 is 0 Å². The van der Waals surface area contributed by atoms with E-state index in [0.29, 0.717) is 11.3 Å². The first-order valence-electron chi connectivity index (χ1n) is 8.93. The maximum absolute atomic E-state index is 12.4. The number of aromatic nitrogens is 1. The molecule has 1 N–H and O–H groups in total. The van der Waals surface area contributed by atoms with Crippen molar-refractivity contribution in [1.29, 1.82) is 0 Å². The lowest BCUT2D eigenvalue weighted by Crippen LogP contribution is -2.58. The van der Waals surface area contributed by atoms with Crippen LogP contribution in [0.4, 0.5) is 0 Å². The first-order valence-corrected chi connectivity index (χ1v) is 8.93. The molecule has 5 heteroatoms. The fourth-order valence-electron chi connectivity index (χ4n) is 4.12. The Labute approximate surface area is 138 Å². The zero-order valence-corrected chi connectivity index (χ0v) is 13.8. The third kappa shape index (κ3) is 3.66. The van der Waals surface area contributed by atoms with Crippen LogP contribution in [-0.2, 0) is 0 Å². The van der Waals surface area contributed by atoms with Gasteiger partial charge in [-0.05, 0) is 44.8 Å². The molecule has 0 aromatic carbocycles. The van der Waals surface area contributed by atoms with Crippen molar-refractivity contribution in [1.82, 2.24) is 10.2 Å². The van der Waals surface area contributed by atoms with Gasteiger partial charge in [-0.1, -0.05) is 25.7 Å². The normalized spacial score (nSPS) is 21.7. The Balaban J connectivity index is 1.69. The first-order chi connectivity index (χ1) is 11.2. The quantitative estimate of drug-likeness (QED) is 0.684. The Hall–Kier alpha value is -1.62. The van der Waals surface area contributed by atoms with Gasteiger partial charge in [0, 0.05) is 24.2 Å². The summed E-state index contributed by atoms with van der Waals surface area (Å²) < 4.78 is 0.643. The molecule has 126 valence electrons. The monoisotopic (exact) mass is 317 g/mol. The number of carbonyl (C=O) groups excluding carboxylic acids is 1. The van der Waals surface area contributed by atoms with Crippen molar-refractivity contribution in [2.75, 3.05) is 19.6 Å². The number of hydrogen-bond acceptors (Lipinski definition) is 3. The molecule has 2 aliphatic rings. The maximum Gasteiger partial charge on any atom is 0.317 e. The average molecular weight is 317 g/mol. The molecular formula is C18H27N3O2. The van der Waals surface area contributed by atoms with Gasteiger partial charge in [0.2, 0.25) is 0 Å². The molecule has 1 saturated carbocycles. The van der Waals surface area contributed by atoms with Crippen LogP contribution in [0.3, 0.4) is 0 Å². The minimum atomic E-state index is -0.262. The summed E-state index contributed by atoms with van der Waals surface area (Å²) in [6.07, 6.45) is 11.3. The fourth-order valence-corrected chi connectivity index (χ4v) is 4.12. The van der Waals surface area contributed by atoms with Crippen LogP contribution in [0.15, 0.2) is 24.4 Å². The van der Waals surface area contributed by atoms with Crippen molar-refractivity contribution < 1.29 is 9.52 Å². The highest BCUT2D eigenvalue weighted by atomic mass is 16.5. The molecule has 23 heavy (non-hydrogen) atoms. The Morgan fingerprint density at radius 1 is 1.13 bits per heavy atom. The molecule has 2 fully saturated rings. The highest BCUT2D eigenvalue weighted by Crippen LogP contribution is 2.35. The molecule has 0 spiro atoms. The number of piperidine rings is 1. The van der Waals surface area contributed by atoms with Gasteiger partial charge in [-0.15, -0.1) is 0 Å². The van der Waals surface area contributed by atoms with Crippen molar-refractivity contribution in [2.24, 2.45) is 0 Å². The Kier molecular flexibility index (Phi) is 5.16. The van der Waals surface area contributed by atoms with Gasteiger partial charge in [-0.25, -0.2) is 0 Å². The van der Waals surface area contributed by atoms with Crippen molar-refractivity contribution in [2.45, 2.75) is 56.9 Å². The molecule has 3 rings (SSSR count). The molecule has 0 atom stereocenters. The van der Waals surface area contributed by atoms with Crippen LogP contribution in [0, 0.1) is 5.21 Å². The first kappa shape index (κ1) is 16.2. The lowest BCUT2D eigenvalue weighted by molar-refractivity contribution is -0.607. The largest absolute Gasteiger partial charge is 0.618 e. The second kappa shape index (κ2) is 7.30. The topological polar surface area (TPSA) is 59.3 Å². The van der Waals surface area contributed by atoms with Gasteiger partial charge < -0.3 is 10.5 Å². The number of amides is 1. The summed E-state index contributed by atoms with van der Waals surface area (Å²) in [4.78, 5) is 15.0. The second-order valence-electron chi connectivity index (χ2n) is 6.93. The van der Waals surface area contributed by atoms with Gasteiger partial charge >= 0.3 is 5.91 Å². The highest BCUT2D eigenvalue weighted by molar-refractivity contribution is 5.90. The van der Waals surface area contributed by atoms with Crippen LogP contribution < -0.4 is 10.0 Å². The summed E-state index contributed by atoms with van der Waals surface area (Å²) in [5.74, 6) is -0.262. The molecular weight excluding hydrogens is 290 g/mol. The smallest absolute Gasteiger partial charge is 0.317 e. The fraction of sp³-hybridized carbons (Fsp3) is 0.667. The molecule has 0 unspecified atom stereocenters. The Morgan fingerprint density at radius 3 is 2.52 bits per heavy atom. The third-order valence-electron chi connectivity index (χ3n) is 5.45. The van der Waals surface area contributed by atoms with Crippen LogP contribution in [0.25, 0.3) is 0 Å². The summed E-state index contributed by atoms with van der Waals surface area (Å²) >= 11 is 0. The SMILES string of the molecule is O=C(NCC1(N2CCCCC2)CCCCC1)c1cccc[n+]1[O-]. The second-order valence-corrected chi connectivity index (χ2v) is 6.93. The van der Waals surface area contributed by atoms with Gasteiger partial charge in [0.1, 0.15) is 0 Å². The molecule has 1 amide bonds. The predicted octanol–water partition coefficient (Wildman–Crippen LogP) is 2.24. The lowest BCUT2D eigenvalue weighted by Gasteiger charge is -2.48. The molecule has 1 saturated heterocycles. The number of pyridine rings is 1. The van der Waals surface area contributed by atoms with E-state index < -0.39 is 0 Å². The summed E-state index contributed by atoms with van der Waals surface area (Å²) in [5.41, 5.74) is 0.272. The van der Waals surface area contributed by atoms with E-state index in [0.717, 1.165) is 25.9 Å². The van der Waals surface area contributed by atoms with Crippen LogP contribution in [-0.4, -0.2) is 36.0 Å². The van der Waals surface area contributed by atoms with E-state index in [1.807, 2.05) is 0 Å². The summed E-state index contributed by atoms with van der Waals surface area (Å²) in [5, 5.41) is 14.8. The zero-order valence-electron chi connectivity index (χ0n) is 13.8. The third-order valence-corrected chi connectivity index (χ3v) is 5.45. The number of likely N-dealkylation sites (tertiary alicyclic amines) is 1. The van der Waals surface area contributed by atoms with Crippen molar-refractivity contribution in [3.05, 3.63) is 35.3 Å². The van der Waals surface area contributed by atoms with Gasteiger partial charge in [0.05, 0.1) is 0 Å². The van der Waals surface area contributed by atoms with Gasteiger partial charge in [0.15, 0.2) is 6.20 Å². The van der Waals surface area contributed by atoms with Crippen LogP contribution in [0.5, 0.6) is 0 Å². The number of nitrogens with zero attached hydrogens (tertiary/aromatic N) is 2. The summed E-state index contributed by atoms with van der Waals surface area (Å²) in [6, 6.07) is 4.95. The van der Waals surface area contributed by atoms with E-state index in [2.05, 4.69) is 10.2 Å². The van der Waals surface area contributed by atoms with Crippen molar-refractivity contribution >= 4 is 5.91 Å². The molecule has 0 bridgehead atoms. The van der Waals surface area contributed by atoms with Gasteiger partial charge in [-0.3, -0.25) is 9.69 Å². The van der Waals surface area contributed by atoms with Crippen molar-refractivity contribution in [3.8, 4) is 0 Å². The zero-order chi connectivity index (χ0) is 16.1. The van der Waals surface area contributed by atoms with Crippen LogP contribution in [0.2, 0.25) is 0 Å². The molecule has 1 aromatic rings. The average Bonchev–Trinajstić information content (AvgIpc) is 2.62. The van der Waals surface area contributed by atoms with Crippen LogP contribution >= 0.6 is 0 Å². The minimum Gasteiger partial charge on any atom is -0.618 e. The summed E-state index contributed by atoms with van der Waals surface area (Å²) in [7, 11) is 0. The standard InChI is InChI=1S/C18H27N3O2/c22-17(16-9-3-8-14-21(16)23)19-15-18(10-4-1-5-11-18)20-12-6-2-7-13-20/h3,8-9,14H,1-2,4-7,10-13,15H2,(H,19,22).